The maximum Gasteiger partial charge on any atom is 0.317 e. The number of morpholine rings is 2. The van der Waals surface area contributed by atoms with Crippen LogP contribution in [0, 0.1) is 11.8 Å². The first kappa shape index (κ1) is 70.8. The molecule has 8 rings (SSSR count). The maximum atomic E-state index is 13.9. The van der Waals surface area contributed by atoms with Crippen LogP contribution in [-0.4, -0.2) is 213 Å². The van der Waals surface area contributed by atoms with Crippen LogP contribution in [0.25, 0.3) is 0 Å². The van der Waals surface area contributed by atoms with Crippen molar-refractivity contribution in [3.63, 3.8) is 0 Å². The molecule has 0 saturated carbocycles. The van der Waals surface area contributed by atoms with Gasteiger partial charge in [0.1, 0.15) is 28.7 Å². The molecule has 0 spiro atoms. The molecule has 4 aromatic rings. The summed E-state index contributed by atoms with van der Waals surface area (Å²) >= 11 is 0. The van der Waals surface area contributed by atoms with Gasteiger partial charge in [-0.3, -0.25) is 48.2 Å². The van der Waals surface area contributed by atoms with Crippen LogP contribution in [0.3, 0.4) is 0 Å². The predicted molar refractivity (Wildman–Crippen MR) is 328 cm³/mol. The van der Waals surface area contributed by atoms with Gasteiger partial charge in [0, 0.05) is 50.9 Å². The van der Waals surface area contributed by atoms with E-state index >= 15 is 0 Å². The molecular formula is C66H88N6O17. The van der Waals surface area contributed by atoms with Gasteiger partial charge in [0.2, 0.25) is 17.7 Å². The first-order valence-corrected chi connectivity index (χ1v) is 30.1. The van der Waals surface area contributed by atoms with Gasteiger partial charge in [0.25, 0.3) is 0 Å². The molecule has 0 radical (unpaired) electrons. The highest BCUT2D eigenvalue weighted by atomic mass is 16.6. The number of epoxide rings is 2. The summed E-state index contributed by atoms with van der Waals surface area (Å²) in [5.74, 6) is -3.73. The fourth-order valence-corrected chi connectivity index (χ4v) is 10.2. The number of Topliss-reactive ketones (excluding diaryl/α,β-unsaturated/α-hetero) is 4. The van der Waals surface area contributed by atoms with Crippen LogP contribution in [0.2, 0.25) is 0 Å². The van der Waals surface area contributed by atoms with Crippen molar-refractivity contribution in [2.45, 2.75) is 114 Å². The third kappa shape index (κ3) is 23.2. The lowest BCUT2D eigenvalue weighted by atomic mass is 9.88. The zero-order valence-corrected chi connectivity index (χ0v) is 51.8. The summed E-state index contributed by atoms with van der Waals surface area (Å²) in [6, 6.07) is 29.2. The number of aliphatic hydroxyl groups is 2. The number of ketones is 4. The highest BCUT2D eigenvalue weighted by molar-refractivity contribution is 5.99. The van der Waals surface area contributed by atoms with Crippen molar-refractivity contribution in [1.29, 1.82) is 0 Å². The molecule has 23 heteroatoms. The largest absolute Gasteiger partial charge is 0.497 e. The molecule has 10 atom stereocenters. The molecule has 0 unspecified atom stereocenters. The molecule has 0 bridgehead atoms. The van der Waals surface area contributed by atoms with Crippen molar-refractivity contribution in [2.75, 3.05) is 93.1 Å². The summed E-state index contributed by atoms with van der Waals surface area (Å²) in [5.41, 5.74) is 7.34. The number of carboxylic acids is 1. The Bertz CT molecular complexity index is 2930. The number of carbonyl (C=O) groups excluding carboxylic acids is 7. The molecule has 4 aliphatic heterocycles. The molecule has 89 heavy (non-hydrogen) atoms. The van der Waals surface area contributed by atoms with Gasteiger partial charge in [-0.2, -0.15) is 0 Å². The average molecular weight is 1240 g/mol. The number of benzene rings is 4. The minimum Gasteiger partial charge on any atom is -0.497 e. The van der Waals surface area contributed by atoms with E-state index in [0.29, 0.717) is 64.0 Å². The van der Waals surface area contributed by atoms with Crippen LogP contribution >= 0.6 is 0 Å². The van der Waals surface area contributed by atoms with E-state index < -0.39 is 94.7 Å². The smallest absolute Gasteiger partial charge is 0.317 e. The summed E-state index contributed by atoms with van der Waals surface area (Å²) in [7, 11) is 3.12. The van der Waals surface area contributed by atoms with Gasteiger partial charge in [-0.1, -0.05) is 84.9 Å². The van der Waals surface area contributed by atoms with Crippen molar-refractivity contribution in [1.82, 2.24) is 25.8 Å². The molecule has 0 aromatic heterocycles. The Morgan fingerprint density at radius 3 is 1.26 bits per heavy atom. The van der Waals surface area contributed by atoms with Crippen LogP contribution in [0.15, 0.2) is 109 Å². The molecule has 23 nitrogen and oxygen atoms in total. The maximum absolute atomic E-state index is 13.9. The molecule has 0 aliphatic carbocycles. The van der Waals surface area contributed by atoms with E-state index in [9.17, 15) is 48.6 Å². The number of nitrogens with two attached hydrogens (primary N) is 1. The van der Waals surface area contributed by atoms with Crippen LogP contribution in [0.4, 0.5) is 0 Å². The van der Waals surface area contributed by atoms with Crippen molar-refractivity contribution >= 4 is 46.8 Å². The van der Waals surface area contributed by atoms with E-state index in [1.54, 1.807) is 52.3 Å². The van der Waals surface area contributed by atoms with Crippen LogP contribution in [-0.2, 0) is 83.0 Å². The van der Waals surface area contributed by atoms with E-state index in [-0.39, 0.29) is 63.4 Å². The average Bonchev–Trinajstić information content (AvgIpc) is 2.10. The topological polar surface area (TPSA) is 328 Å². The molecule has 4 aromatic carbocycles. The van der Waals surface area contributed by atoms with Gasteiger partial charge in [-0.05, 0) is 99.9 Å². The minimum atomic E-state index is -1.20. The van der Waals surface area contributed by atoms with Gasteiger partial charge < -0.3 is 65.4 Å². The number of rotatable bonds is 31. The Morgan fingerprint density at radius 1 is 0.539 bits per heavy atom. The second-order valence-corrected chi connectivity index (χ2v) is 23.3. The molecular weight excluding hydrogens is 1150 g/mol. The summed E-state index contributed by atoms with van der Waals surface area (Å²) < 4.78 is 31.6. The number of ether oxygens (including phenoxy) is 6. The molecule has 3 amide bonds. The molecule has 4 fully saturated rings. The Kier molecular flexibility index (Phi) is 27.5. The normalized spacial score (nSPS) is 20.6. The van der Waals surface area contributed by atoms with Crippen molar-refractivity contribution in [3.8, 4) is 11.5 Å². The third-order valence-electron chi connectivity index (χ3n) is 15.9. The number of amides is 3. The highest BCUT2D eigenvalue weighted by Crippen LogP contribution is 2.31. The van der Waals surface area contributed by atoms with Crippen LogP contribution in [0.1, 0.15) is 62.8 Å². The van der Waals surface area contributed by atoms with E-state index in [4.69, 9.17) is 39.3 Å². The van der Waals surface area contributed by atoms with Gasteiger partial charge in [0.15, 0.2) is 23.1 Å². The SMILES string of the molecule is COc1ccc(C[C@H](CC(=O)[C@@H](N)[C@H](C)O)C(=O)N[C@@H](Cc2ccccc2)C(=O)[C@@]2(C)CO2)cc1.COc1ccc(C[C@H](CC(=O)[C@@H](NC(=O)CN2CCOCC2)[C@H](C)O)C(=O)N[C@@H](Cc2ccccc2)C(=O)[C@@]2(C)CO2)cc1.O=C(O)CN1CCOCC1. The highest BCUT2D eigenvalue weighted by Gasteiger charge is 2.51. The zero-order valence-electron chi connectivity index (χ0n) is 51.8. The lowest BCUT2D eigenvalue weighted by molar-refractivity contribution is -0.139. The molecule has 8 N–H and O–H groups in total. The standard InChI is InChI=1S/C33H43N3O8.C27H34N2O6.C6H11NO3/c1-22(37)30(35-29(39)20-36-13-15-43-16-14-36)28(38)19-25(17-24-9-11-26(42-3)12-10-24)32(41)34-27(31(40)33(2)21-44-33)18-23-7-5-4-6-8-23;1-17(30)24(28)23(31)15-20(13-19-9-11-21(34-3)12-10-19)26(33)29-22(25(32)27(2)16-35-27)14-18-7-5-4-6-8-18;8-6(9)5-7-1-3-10-4-2-7/h4-12,22,25,27,30,37H,13-21H2,1-3H3,(H,34,41)(H,35,39);4-12,17,20,22,24,30H,13-16,28H2,1-3H3,(H,29,33);1-5H2,(H,8,9)/t22-,25+,27-,30-,33+;17-,20+,22-,24-,27+;/m00./s1. The van der Waals surface area contributed by atoms with Crippen molar-refractivity contribution in [2.24, 2.45) is 17.6 Å². The first-order valence-electron chi connectivity index (χ1n) is 30.1. The third-order valence-corrected chi connectivity index (χ3v) is 15.9. The zero-order chi connectivity index (χ0) is 64.7. The fraction of sp³-hybridized carbons (Fsp3) is 0.515. The number of nitrogens with one attached hydrogen (secondary N) is 3. The Morgan fingerprint density at radius 2 is 0.910 bits per heavy atom. The number of hydrogen-bond acceptors (Lipinski definition) is 19. The predicted octanol–water partition coefficient (Wildman–Crippen LogP) is 2.11. The molecule has 4 saturated heterocycles. The Balaban J connectivity index is 0.000000249. The summed E-state index contributed by atoms with van der Waals surface area (Å²) in [6.07, 6.45) is -1.62. The van der Waals surface area contributed by atoms with Gasteiger partial charge in [0.05, 0.1) is 97.3 Å². The molecule has 4 aliphatic rings. The second-order valence-electron chi connectivity index (χ2n) is 23.3. The van der Waals surface area contributed by atoms with Crippen molar-refractivity contribution < 1.29 is 82.1 Å². The number of carbonyl (C=O) groups is 8. The number of aliphatic hydroxyl groups excluding tert-OH is 2. The van der Waals surface area contributed by atoms with E-state index in [2.05, 4.69) is 16.0 Å². The Labute approximate surface area is 520 Å². The summed E-state index contributed by atoms with van der Waals surface area (Å²) in [4.78, 5) is 107. The van der Waals surface area contributed by atoms with Gasteiger partial charge in [-0.15, -0.1) is 0 Å². The molecule has 4 heterocycles. The monoisotopic (exact) mass is 1240 g/mol. The lowest BCUT2D eigenvalue weighted by Gasteiger charge is -2.28. The fourth-order valence-electron chi connectivity index (χ4n) is 10.2. The quantitative estimate of drug-likeness (QED) is 0.0355. The summed E-state index contributed by atoms with van der Waals surface area (Å²) in [5, 5.41) is 37.1. The van der Waals surface area contributed by atoms with Crippen molar-refractivity contribution in [3.05, 3.63) is 131 Å². The summed E-state index contributed by atoms with van der Waals surface area (Å²) in [6.45, 7) is 12.1. The number of carboxylic acid groups (broad SMARTS) is 1. The van der Waals surface area contributed by atoms with E-state index in [0.717, 1.165) is 35.3 Å². The number of nitrogens with zero attached hydrogens (tertiary/aromatic N) is 2. The minimum absolute atomic E-state index is 0.0692. The van der Waals surface area contributed by atoms with Crippen LogP contribution < -0.4 is 31.2 Å². The lowest BCUT2D eigenvalue weighted by Crippen LogP contribution is -2.53. The number of methoxy groups -OCH3 is 2. The van der Waals surface area contributed by atoms with E-state index in [1.807, 2.05) is 94.7 Å². The van der Waals surface area contributed by atoms with E-state index in [1.165, 1.54) is 13.8 Å². The van der Waals surface area contributed by atoms with Gasteiger partial charge in [-0.25, -0.2) is 0 Å². The number of hydrogen-bond donors (Lipinski definition) is 7. The van der Waals surface area contributed by atoms with Crippen LogP contribution in [0.5, 0.6) is 11.5 Å². The first-order chi connectivity index (χ1) is 42.5. The Hall–Kier alpha value is -7.32. The number of aliphatic carboxylic acids is 1. The molecule has 484 valence electrons. The second kappa shape index (κ2) is 34.6. The van der Waals surface area contributed by atoms with Gasteiger partial charge >= 0.3 is 5.97 Å².